The Morgan fingerprint density at radius 3 is 2.41 bits per heavy atom. The van der Waals surface area contributed by atoms with E-state index < -0.39 is 5.54 Å². The highest BCUT2D eigenvalue weighted by atomic mass is 16.2. The van der Waals surface area contributed by atoms with E-state index >= 15 is 0 Å². The Morgan fingerprint density at radius 1 is 0.897 bits per heavy atom. The van der Waals surface area contributed by atoms with E-state index in [4.69, 9.17) is 4.99 Å². The van der Waals surface area contributed by atoms with Crippen LogP contribution in [0.3, 0.4) is 0 Å². The fraction of sp³-hybridized carbons (Fsp3) is 0.200. The maximum atomic E-state index is 13.9. The molecule has 3 aromatic carbocycles. The number of anilines is 2. The summed E-state index contributed by atoms with van der Waals surface area (Å²) in [5.41, 5.74) is 6.56. The lowest BCUT2D eigenvalue weighted by atomic mass is 9.80. The van der Waals surface area contributed by atoms with Crippen molar-refractivity contribution in [3.8, 4) is 0 Å². The molecule has 0 radical (unpaired) electrons. The van der Waals surface area contributed by atoms with Crippen LogP contribution in [0.2, 0.25) is 0 Å². The molecule has 0 bridgehead atoms. The number of nitrogens with zero attached hydrogens (tertiary/aromatic N) is 3. The summed E-state index contributed by atoms with van der Waals surface area (Å²) in [4.78, 5) is 23.2. The molecule has 1 atom stereocenters. The number of rotatable bonds is 1. The summed E-state index contributed by atoms with van der Waals surface area (Å²) in [5.74, 6) is 0.911. The van der Waals surface area contributed by atoms with Crippen molar-refractivity contribution in [1.82, 2.24) is 0 Å². The van der Waals surface area contributed by atoms with Crippen molar-refractivity contribution in [3.63, 3.8) is 0 Å². The van der Waals surface area contributed by atoms with Crippen LogP contribution >= 0.6 is 0 Å². The highest BCUT2D eigenvalue weighted by molar-refractivity contribution is 6.19. The second-order valence-corrected chi connectivity index (χ2v) is 8.06. The van der Waals surface area contributed by atoms with Crippen LogP contribution in [0.25, 0.3) is 0 Å². The van der Waals surface area contributed by atoms with Crippen molar-refractivity contribution in [1.29, 1.82) is 0 Å². The fourth-order valence-electron chi connectivity index (χ4n) is 5.27. The minimum absolute atomic E-state index is 0.0233. The van der Waals surface area contributed by atoms with Crippen molar-refractivity contribution in [2.45, 2.75) is 18.9 Å². The monoisotopic (exact) mass is 379 g/mol. The summed E-state index contributed by atoms with van der Waals surface area (Å²) in [6.45, 7) is 2.95. The topological polar surface area (TPSA) is 35.9 Å². The molecule has 1 unspecified atom stereocenters. The van der Waals surface area contributed by atoms with Crippen LogP contribution in [-0.4, -0.2) is 25.3 Å². The van der Waals surface area contributed by atoms with Gasteiger partial charge in [-0.3, -0.25) is 4.79 Å². The minimum Gasteiger partial charge on any atom is -0.325 e. The summed E-state index contributed by atoms with van der Waals surface area (Å²) < 4.78 is 0. The van der Waals surface area contributed by atoms with Crippen LogP contribution in [0.1, 0.15) is 27.8 Å². The van der Waals surface area contributed by atoms with E-state index in [-0.39, 0.29) is 5.91 Å². The molecule has 0 N–H and O–H groups in total. The van der Waals surface area contributed by atoms with Gasteiger partial charge in [-0.2, -0.15) is 0 Å². The van der Waals surface area contributed by atoms with Gasteiger partial charge in [-0.25, -0.2) is 4.99 Å². The molecule has 142 valence electrons. The number of hydrogen-bond donors (Lipinski definition) is 0. The Bertz CT molecular complexity index is 1210. The summed E-state index contributed by atoms with van der Waals surface area (Å²) in [5, 5.41) is 0. The normalized spacial score (nSPS) is 21.4. The van der Waals surface area contributed by atoms with Gasteiger partial charge in [-0.1, -0.05) is 66.7 Å². The molecular formula is C25H21N3O. The molecule has 0 aliphatic carbocycles. The maximum absolute atomic E-state index is 13.9. The number of para-hydroxylation sites is 2. The first-order chi connectivity index (χ1) is 14.1. The molecule has 0 aromatic heterocycles. The van der Waals surface area contributed by atoms with Gasteiger partial charge in [0, 0.05) is 30.3 Å². The largest absolute Gasteiger partial charge is 0.325 e. The molecule has 4 heteroatoms. The molecule has 6 rings (SSSR count). The van der Waals surface area contributed by atoms with Gasteiger partial charge in [-0.05, 0) is 24.5 Å². The lowest BCUT2D eigenvalue weighted by molar-refractivity contribution is -0.121. The molecule has 3 aromatic rings. The predicted octanol–water partition coefficient (Wildman–Crippen LogP) is 4.04. The molecule has 4 nitrogen and oxygen atoms in total. The van der Waals surface area contributed by atoms with Crippen LogP contribution in [-0.2, 0) is 16.8 Å². The Morgan fingerprint density at radius 2 is 1.62 bits per heavy atom. The molecule has 0 saturated carbocycles. The number of likely N-dealkylation sites (N-methyl/N-ethyl adjacent to an activating group) is 1. The second kappa shape index (κ2) is 5.57. The number of aliphatic imine (C=N–C) groups is 1. The smallest absolute Gasteiger partial charge is 0.264 e. The number of carbonyl (C=O) groups is 1. The third kappa shape index (κ3) is 1.93. The first kappa shape index (κ1) is 16.5. The Hall–Kier alpha value is -3.40. The molecule has 3 heterocycles. The number of hydrogen-bond acceptors (Lipinski definition) is 3. The third-order valence-electron chi connectivity index (χ3n) is 6.52. The van der Waals surface area contributed by atoms with E-state index in [0.717, 1.165) is 52.4 Å². The van der Waals surface area contributed by atoms with Gasteiger partial charge in [-0.15, -0.1) is 0 Å². The van der Waals surface area contributed by atoms with E-state index in [2.05, 4.69) is 54.3 Å². The van der Waals surface area contributed by atoms with Crippen LogP contribution in [0, 0.1) is 6.92 Å². The first-order valence-electron chi connectivity index (χ1n) is 10.1. The zero-order valence-electron chi connectivity index (χ0n) is 16.5. The van der Waals surface area contributed by atoms with Gasteiger partial charge in [0.15, 0.2) is 5.54 Å². The summed E-state index contributed by atoms with van der Waals surface area (Å²) >= 11 is 0. The highest BCUT2D eigenvalue weighted by Crippen LogP contribution is 2.54. The molecule has 3 aliphatic rings. The average molecular weight is 379 g/mol. The van der Waals surface area contributed by atoms with Gasteiger partial charge < -0.3 is 9.80 Å². The number of amidine groups is 1. The van der Waals surface area contributed by atoms with Gasteiger partial charge >= 0.3 is 0 Å². The SMILES string of the molecule is Cc1cccc2c1N(C)C(=O)C21N=C(c2ccccc2)N2CCc3cccc1c32. The lowest BCUT2D eigenvalue weighted by Gasteiger charge is -2.37. The van der Waals surface area contributed by atoms with E-state index in [9.17, 15) is 4.79 Å². The third-order valence-corrected chi connectivity index (χ3v) is 6.52. The molecule has 3 aliphatic heterocycles. The minimum atomic E-state index is -1.02. The Balaban J connectivity index is 1.74. The van der Waals surface area contributed by atoms with Gasteiger partial charge in [0.2, 0.25) is 0 Å². The van der Waals surface area contributed by atoms with Gasteiger partial charge in [0.05, 0.1) is 11.4 Å². The molecular weight excluding hydrogens is 358 g/mol. The number of fused-ring (bicyclic) bond motifs is 3. The molecule has 0 fully saturated rings. The molecule has 1 spiro atoms. The van der Waals surface area contributed by atoms with Gasteiger partial charge in [0.1, 0.15) is 5.84 Å². The Kier molecular flexibility index (Phi) is 3.18. The van der Waals surface area contributed by atoms with E-state index in [1.807, 2.05) is 31.3 Å². The van der Waals surface area contributed by atoms with E-state index in [1.165, 1.54) is 5.56 Å². The Labute approximate surface area is 170 Å². The maximum Gasteiger partial charge on any atom is 0.264 e. The van der Waals surface area contributed by atoms with Crippen molar-refractivity contribution >= 4 is 23.1 Å². The van der Waals surface area contributed by atoms with Crippen molar-refractivity contribution in [2.75, 3.05) is 23.4 Å². The lowest BCUT2D eigenvalue weighted by Crippen LogP contribution is -2.46. The molecule has 1 amide bonds. The first-order valence-corrected chi connectivity index (χ1v) is 10.1. The van der Waals surface area contributed by atoms with E-state index in [0.29, 0.717) is 0 Å². The fourth-order valence-corrected chi connectivity index (χ4v) is 5.27. The van der Waals surface area contributed by atoms with Crippen LogP contribution < -0.4 is 9.80 Å². The van der Waals surface area contributed by atoms with Crippen LogP contribution in [0.5, 0.6) is 0 Å². The summed E-state index contributed by atoms with van der Waals surface area (Å²) in [7, 11) is 1.87. The predicted molar refractivity (Wildman–Crippen MR) is 116 cm³/mol. The summed E-state index contributed by atoms with van der Waals surface area (Å²) in [6.07, 6.45) is 0.968. The van der Waals surface area contributed by atoms with Crippen LogP contribution in [0.15, 0.2) is 71.7 Å². The van der Waals surface area contributed by atoms with Crippen molar-refractivity contribution in [2.24, 2.45) is 4.99 Å². The van der Waals surface area contributed by atoms with E-state index in [1.54, 1.807) is 4.90 Å². The molecule has 29 heavy (non-hydrogen) atoms. The average Bonchev–Trinajstić information content (AvgIpc) is 3.27. The van der Waals surface area contributed by atoms with Gasteiger partial charge in [0.25, 0.3) is 5.91 Å². The standard InChI is InChI=1S/C25H21N3O/c1-16-8-6-12-19-21(16)27(2)24(29)25(19)20-13-7-11-17-14-15-28(22(17)20)23(26-25)18-9-4-3-5-10-18/h3-13H,14-15H2,1-2H3. The number of amides is 1. The highest BCUT2D eigenvalue weighted by Gasteiger charge is 2.56. The number of benzene rings is 3. The number of aryl methyl sites for hydroxylation is 1. The number of carbonyl (C=O) groups excluding carboxylic acids is 1. The zero-order valence-corrected chi connectivity index (χ0v) is 16.5. The van der Waals surface area contributed by atoms with Crippen LogP contribution in [0.4, 0.5) is 11.4 Å². The summed E-state index contributed by atoms with van der Waals surface area (Å²) in [6, 6.07) is 22.8. The zero-order chi connectivity index (χ0) is 19.8. The quantitative estimate of drug-likeness (QED) is 0.640. The van der Waals surface area contributed by atoms with Crippen molar-refractivity contribution < 1.29 is 4.79 Å². The molecule has 0 saturated heterocycles. The van der Waals surface area contributed by atoms with Crippen molar-refractivity contribution in [3.05, 3.63) is 94.5 Å². The second-order valence-electron chi connectivity index (χ2n) is 8.06.